The van der Waals surface area contributed by atoms with Crippen molar-refractivity contribution in [3.63, 3.8) is 0 Å². The number of nitrogen functional groups attached to an aromatic ring is 1. The number of para-hydroxylation sites is 1. The smallest absolute Gasteiger partial charge is 0.201 e. The number of benzene rings is 1. The van der Waals surface area contributed by atoms with Crippen LogP contribution in [0.3, 0.4) is 0 Å². The number of ether oxygens (including phenoxy) is 1. The zero-order chi connectivity index (χ0) is 14.9. The second kappa shape index (κ2) is 5.83. The minimum Gasteiger partial charge on any atom is -0.489 e. The van der Waals surface area contributed by atoms with Crippen LogP contribution in [-0.4, -0.2) is 31.4 Å². The maximum absolute atomic E-state index is 11.5. The van der Waals surface area contributed by atoms with Crippen molar-refractivity contribution in [2.24, 2.45) is 0 Å². The van der Waals surface area contributed by atoms with Crippen molar-refractivity contribution in [2.75, 3.05) is 12.0 Å². The van der Waals surface area contributed by atoms with Crippen LogP contribution in [0.15, 0.2) is 18.2 Å². The van der Waals surface area contributed by atoms with Crippen LogP contribution in [0, 0.1) is 0 Å². The Hall–Kier alpha value is -1.56. The molecule has 0 fully saturated rings. The number of nitrogens with two attached hydrogens (primary N) is 1. The van der Waals surface area contributed by atoms with E-state index in [-0.39, 0.29) is 11.4 Å². The molecule has 5 nitrogen and oxygen atoms in total. The van der Waals surface area contributed by atoms with Gasteiger partial charge in [-0.3, -0.25) is 4.21 Å². The largest absolute Gasteiger partial charge is 0.489 e. The number of fused-ring (bicyclic) bond motifs is 1. The van der Waals surface area contributed by atoms with Gasteiger partial charge in [0.15, 0.2) is 0 Å². The van der Waals surface area contributed by atoms with Crippen LogP contribution in [0.5, 0.6) is 5.75 Å². The Kier molecular flexibility index (Phi) is 4.32. The van der Waals surface area contributed by atoms with Gasteiger partial charge in [0.2, 0.25) is 5.95 Å². The van der Waals surface area contributed by atoms with E-state index < -0.39 is 10.8 Å². The van der Waals surface area contributed by atoms with Crippen molar-refractivity contribution >= 4 is 27.8 Å². The van der Waals surface area contributed by atoms with E-state index in [0.29, 0.717) is 12.5 Å². The number of anilines is 1. The van der Waals surface area contributed by atoms with E-state index in [1.165, 1.54) is 0 Å². The van der Waals surface area contributed by atoms with E-state index in [1.807, 2.05) is 43.5 Å². The lowest BCUT2D eigenvalue weighted by Gasteiger charge is -2.12. The zero-order valence-corrected chi connectivity index (χ0v) is 13.1. The molecule has 1 aromatic heterocycles. The van der Waals surface area contributed by atoms with Crippen LogP contribution in [0.25, 0.3) is 11.0 Å². The maximum atomic E-state index is 11.5. The third-order valence-corrected chi connectivity index (χ3v) is 4.42. The summed E-state index contributed by atoms with van der Waals surface area (Å²) in [5.74, 6) is 1.16. The average molecular weight is 295 g/mol. The van der Waals surface area contributed by atoms with Gasteiger partial charge in [0.25, 0.3) is 0 Å². The summed E-state index contributed by atoms with van der Waals surface area (Å²) in [6, 6.07) is 5.77. The second-order valence-corrected chi connectivity index (χ2v) is 6.98. The molecule has 0 bridgehead atoms. The molecule has 2 rings (SSSR count). The highest BCUT2D eigenvalue weighted by Gasteiger charge is 2.16. The van der Waals surface area contributed by atoms with E-state index >= 15 is 0 Å². The third kappa shape index (κ3) is 2.95. The van der Waals surface area contributed by atoms with Gasteiger partial charge in [-0.1, -0.05) is 6.07 Å². The van der Waals surface area contributed by atoms with E-state index in [1.54, 1.807) is 6.26 Å². The molecule has 1 heterocycles. The first-order valence-corrected chi connectivity index (χ1v) is 8.26. The fraction of sp³-hybridized carbons (Fsp3) is 0.500. The highest BCUT2D eigenvalue weighted by molar-refractivity contribution is 7.84. The highest BCUT2D eigenvalue weighted by Crippen LogP contribution is 2.28. The van der Waals surface area contributed by atoms with Crippen molar-refractivity contribution in [3.05, 3.63) is 18.2 Å². The Morgan fingerprint density at radius 1 is 1.40 bits per heavy atom. The van der Waals surface area contributed by atoms with Crippen molar-refractivity contribution in [3.8, 4) is 5.75 Å². The lowest BCUT2D eigenvalue weighted by molar-refractivity contribution is 0.245. The molecule has 110 valence electrons. The van der Waals surface area contributed by atoms with Crippen LogP contribution in [0.4, 0.5) is 5.95 Å². The fourth-order valence-corrected chi connectivity index (χ4v) is 2.40. The molecule has 0 aliphatic rings. The summed E-state index contributed by atoms with van der Waals surface area (Å²) in [6.45, 7) is 6.47. The van der Waals surface area contributed by atoms with Crippen LogP contribution < -0.4 is 10.5 Å². The standard InChI is InChI=1S/C14H21N3O2S/c1-9(2)19-12-7-5-6-11-13(12)16-14(15)17(11)8-10(3)20(4)18/h5-7,9-10H,8H2,1-4H3,(H2,15,16). The number of hydrogen-bond donors (Lipinski definition) is 1. The molecule has 0 aliphatic heterocycles. The average Bonchev–Trinajstić information content (AvgIpc) is 2.67. The van der Waals surface area contributed by atoms with Gasteiger partial charge >= 0.3 is 0 Å². The molecule has 0 radical (unpaired) electrons. The summed E-state index contributed by atoms with van der Waals surface area (Å²) >= 11 is 0. The lowest BCUT2D eigenvalue weighted by Crippen LogP contribution is -2.18. The van der Waals surface area contributed by atoms with Crippen LogP contribution in [0.1, 0.15) is 20.8 Å². The first kappa shape index (κ1) is 14.8. The molecular formula is C14H21N3O2S. The van der Waals surface area contributed by atoms with Crippen molar-refractivity contribution in [1.82, 2.24) is 9.55 Å². The molecule has 20 heavy (non-hydrogen) atoms. The van der Waals surface area contributed by atoms with Gasteiger partial charge in [0, 0.05) is 28.9 Å². The maximum Gasteiger partial charge on any atom is 0.201 e. The first-order chi connectivity index (χ1) is 9.40. The fourth-order valence-electron chi connectivity index (χ4n) is 2.04. The zero-order valence-electron chi connectivity index (χ0n) is 12.3. The van der Waals surface area contributed by atoms with Gasteiger partial charge in [0.1, 0.15) is 11.3 Å². The topological polar surface area (TPSA) is 70.1 Å². The Morgan fingerprint density at radius 2 is 2.10 bits per heavy atom. The van der Waals surface area contributed by atoms with Crippen molar-refractivity contribution < 1.29 is 8.95 Å². The molecule has 2 unspecified atom stereocenters. The Bertz CT molecular complexity index is 637. The molecule has 0 saturated carbocycles. The van der Waals surface area contributed by atoms with Gasteiger partial charge < -0.3 is 15.0 Å². The summed E-state index contributed by atoms with van der Waals surface area (Å²) in [4.78, 5) is 4.40. The minimum absolute atomic E-state index is 0.0179. The van der Waals surface area contributed by atoms with E-state index in [4.69, 9.17) is 10.5 Å². The predicted molar refractivity (Wildman–Crippen MR) is 83.4 cm³/mol. The molecule has 2 N–H and O–H groups in total. The van der Waals surface area contributed by atoms with Crippen LogP contribution >= 0.6 is 0 Å². The molecule has 0 spiro atoms. The minimum atomic E-state index is -0.896. The number of rotatable bonds is 5. The number of nitrogens with zero attached hydrogens (tertiary/aromatic N) is 2. The molecule has 1 aromatic carbocycles. The Labute approximate surface area is 121 Å². The van der Waals surface area contributed by atoms with Gasteiger partial charge in [-0.15, -0.1) is 0 Å². The predicted octanol–water partition coefficient (Wildman–Crippen LogP) is 2.17. The SMILES string of the molecule is CC(C)Oc1cccc2c1nc(N)n2CC(C)S(C)=O. The van der Waals surface area contributed by atoms with E-state index in [0.717, 1.165) is 16.8 Å². The van der Waals surface area contributed by atoms with Gasteiger partial charge in [0.05, 0.1) is 11.6 Å². The van der Waals surface area contributed by atoms with Crippen LogP contribution in [-0.2, 0) is 17.3 Å². The van der Waals surface area contributed by atoms with Gasteiger partial charge in [-0.05, 0) is 32.9 Å². The number of aromatic nitrogens is 2. The molecule has 6 heteroatoms. The molecule has 0 amide bonds. The second-order valence-electron chi connectivity index (χ2n) is 5.18. The summed E-state index contributed by atoms with van der Waals surface area (Å²) in [5.41, 5.74) is 7.67. The summed E-state index contributed by atoms with van der Waals surface area (Å²) in [7, 11) is -0.896. The van der Waals surface area contributed by atoms with E-state index in [9.17, 15) is 4.21 Å². The van der Waals surface area contributed by atoms with Crippen LogP contribution in [0.2, 0.25) is 0 Å². The molecular weight excluding hydrogens is 274 g/mol. The normalized spacial score (nSPS) is 14.7. The van der Waals surface area contributed by atoms with Gasteiger partial charge in [-0.2, -0.15) is 0 Å². The third-order valence-electron chi connectivity index (χ3n) is 3.14. The molecule has 2 aromatic rings. The summed E-state index contributed by atoms with van der Waals surface area (Å²) in [6.07, 6.45) is 1.78. The Balaban J connectivity index is 2.46. The van der Waals surface area contributed by atoms with Gasteiger partial charge in [-0.25, -0.2) is 4.98 Å². The number of imidazole rings is 1. The molecule has 0 aliphatic carbocycles. The molecule has 0 saturated heterocycles. The van der Waals surface area contributed by atoms with Crippen molar-refractivity contribution in [1.29, 1.82) is 0 Å². The van der Waals surface area contributed by atoms with E-state index in [2.05, 4.69) is 4.98 Å². The molecule has 2 atom stereocenters. The highest BCUT2D eigenvalue weighted by atomic mass is 32.2. The summed E-state index contributed by atoms with van der Waals surface area (Å²) < 4.78 is 19.2. The van der Waals surface area contributed by atoms with Crippen molar-refractivity contribution in [2.45, 2.75) is 38.7 Å². The quantitative estimate of drug-likeness (QED) is 0.917. The monoisotopic (exact) mass is 295 g/mol. The lowest BCUT2D eigenvalue weighted by atomic mass is 10.3. The first-order valence-electron chi connectivity index (χ1n) is 6.63. The summed E-state index contributed by atoms with van der Waals surface area (Å²) in [5, 5.41) is 0.0179. The Morgan fingerprint density at radius 3 is 2.70 bits per heavy atom. The number of hydrogen-bond acceptors (Lipinski definition) is 4.